The van der Waals surface area contributed by atoms with Gasteiger partial charge in [0.25, 0.3) is 0 Å². The molecule has 0 bridgehead atoms. The van der Waals surface area contributed by atoms with E-state index in [0.717, 1.165) is 0 Å². The van der Waals surface area contributed by atoms with Crippen molar-refractivity contribution < 1.29 is 13.2 Å². The van der Waals surface area contributed by atoms with Crippen molar-refractivity contribution in [1.82, 2.24) is 4.98 Å². The van der Waals surface area contributed by atoms with Gasteiger partial charge in [-0.1, -0.05) is 0 Å². The molecule has 1 atom stereocenters. The van der Waals surface area contributed by atoms with Crippen LogP contribution in [0.25, 0.3) is 0 Å². The van der Waals surface area contributed by atoms with Crippen molar-refractivity contribution in [3.05, 3.63) is 16.6 Å². The van der Waals surface area contributed by atoms with Crippen LogP contribution in [0.5, 0.6) is 0 Å². The van der Waals surface area contributed by atoms with E-state index in [9.17, 15) is 13.2 Å². The molecule has 0 saturated carbocycles. The van der Waals surface area contributed by atoms with Crippen molar-refractivity contribution in [2.24, 2.45) is 0 Å². The minimum absolute atomic E-state index is 0.217. The van der Waals surface area contributed by atoms with E-state index in [1.54, 1.807) is 11.6 Å². The van der Waals surface area contributed by atoms with Crippen LogP contribution in [0.3, 0.4) is 0 Å². The first kappa shape index (κ1) is 11.0. The van der Waals surface area contributed by atoms with Crippen LogP contribution in [0.1, 0.15) is 11.4 Å². The van der Waals surface area contributed by atoms with E-state index in [4.69, 9.17) is 0 Å². The number of hydrogen-bond donors (Lipinski definition) is 0. The third-order valence-electron chi connectivity index (χ3n) is 1.45. The molecule has 1 nitrogen and oxygen atoms in total. The van der Waals surface area contributed by atoms with E-state index in [-0.39, 0.29) is 12.8 Å². The Labute approximate surface area is 86.1 Å². The number of thiazole rings is 1. The second-order valence-corrected chi connectivity index (χ2v) is 4.51. The van der Waals surface area contributed by atoms with Crippen LogP contribution in [0, 0.1) is 0 Å². The summed E-state index contributed by atoms with van der Waals surface area (Å²) >= 11 is 3.32. The van der Waals surface area contributed by atoms with Crippen molar-refractivity contribution in [2.75, 3.05) is 0 Å². The van der Waals surface area contributed by atoms with Crippen molar-refractivity contribution in [3.8, 4) is 0 Å². The van der Waals surface area contributed by atoms with Gasteiger partial charge in [0.1, 0.15) is 0 Å². The number of rotatable bonds is 4. The Hall–Kier alpha value is -0.100. The number of halogens is 4. The topological polar surface area (TPSA) is 12.9 Å². The molecule has 1 aromatic rings. The van der Waals surface area contributed by atoms with Gasteiger partial charge in [-0.15, -0.1) is 11.3 Å². The van der Waals surface area contributed by atoms with Crippen LogP contribution in [-0.2, 0) is 6.42 Å². The van der Waals surface area contributed by atoms with Gasteiger partial charge in [-0.25, -0.2) is 9.37 Å². The molecular weight excluding hydrogens is 267 g/mol. The van der Waals surface area contributed by atoms with Crippen LogP contribution >= 0.6 is 27.3 Å². The van der Waals surface area contributed by atoms with Crippen LogP contribution in [0.4, 0.5) is 13.2 Å². The van der Waals surface area contributed by atoms with Gasteiger partial charge in [0.2, 0.25) is 0 Å². The Morgan fingerprint density at radius 2 is 2.31 bits per heavy atom. The molecule has 0 aliphatic heterocycles. The van der Waals surface area contributed by atoms with E-state index < -0.39 is 11.0 Å². The molecule has 74 valence electrons. The van der Waals surface area contributed by atoms with Gasteiger partial charge in [-0.2, -0.15) is 8.78 Å². The lowest BCUT2D eigenvalue weighted by Crippen LogP contribution is -2.22. The number of aryl methyl sites for hydroxylation is 1. The summed E-state index contributed by atoms with van der Waals surface area (Å²) in [4.78, 5) is 0.436. The summed E-state index contributed by atoms with van der Waals surface area (Å²) in [6, 6.07) is 0. The van der Waals surface area contributed by atoms with E-state index in [1.165, 1.54) is 11.3 Å². The SMILES string of the molecule is FC(CCc1nccs1)C(F)(F)Br. The zero-order valence-corrected chi connectivity index (χ0v) is 8.92. The van der Waals surface area contributed by atoms with Gasteiger partial charge in [-0.05, 0) is 22.4 Å². The fourth-order valence-electron chi connectivity index (χ4n) is 0.790. The van der Waals surface area contributed by atoms with Gasteiger partial charge in [0.15, 0.2) is 6.17 Å². The van der Waals surface area contributed by atoms with Gasteiger partial charge in [0, 0.05) is 18.0 Å². The molecular formula is C7H7BrF3NS. The maximum Gasteiger partial charge on any atom is 0.331 e. The summed E-state index contributed by atoms with van der Waals surface area (Å²) in [5, 5.41) is 2.41. The summed E-state index contributed by atoms with van der Waals surface area (Å²) in [6.07, 6.45) is -0.554. The lowest BCUT2D eigenvalue weighted by atomic mass is 10.2. The van der Waals surface area contributed by atoms with E-state index in [0.29, 0.717) is 5.01 Å². The summed E-state index contributed by atoms with van der Waals surface area (Å²) < 4.78 is 37.2. The number of alkyl halides is 4. The molecule has 0 saturated heterocycles. The summed E-state index contributed by atoms with van der Waals surface area (Å²) in [7, 11) is 0. The second-order valence-electron chi connectivity index (χ2n) is 2.47. The van der Waals surface area contributed by atoms with Crippen LogP contribution in [-0.4, -0.2) is 16.0 Å². The standard InChI is InChI=1S/C7H7BrF3NS/c8-7(10,11)5(9)1-2-6-12-3-4-13-6/h3-5H,1-2H2. The molecule has 0 amide bonds. The molecule has 0 radical (unpaired) electrons. The van der Waals surface area contributed by atoms with Crippen LogP contribution in [0.15, 0.2) is 11.6 Å². The number of aromatic nitrogens is 1. The monoisotopic (exact) mass is 273 g/mol. The number of hydrogen-bond acceptors (Lipinski definition) is 2. The Morgan fingerprint density at radius 3 is 2.77 bits per heavy atom. The second kappa shape index (κ2) is 4.41. The first-order chi connectivity index (χ1) is 6.00. The van der Waals surface area contributed by atoms with Gasteiger partial charge in [-0.3, -0.25) is 0 Å². The van der Waals surface area contributed by atoms with Crippen molar-refractivity contribution in [3.63, 3.8) is 0 Å². The van der Waals surface area contributed by atoms with Crippen LogP contribution < -0.4 is 0 Å². The molecule has 1 heterocycles. The highest BCUT2D eigenvalue weighted by Gasteiger charge is 2.36. The Balaban J connectivity index is 2.35. The lowest BCUT2D eigenvalue weighted by molar-refractivity contribution is 0.0182. The Kier molecular flexibility index (Phi) is 3.73. The summed E-state index contributed by atoms with van der Waals surface area (Å²) in [5.74, 6) is 0. The Bertz CT molecular complexity index is 247. The average Bonchev–Trinajstić information content (AvgIpc) is 2.50. The largest absolute Gasteiger partial charge is 0.331 e. The third kappa shape index (κ3) is 3.64. The molecule has 0 N–H and O–H groups in total. The molecule has 0 fully saturated rings. The first-order valence-corrected chi connectivity index (χ1v) is 5.26. The van der Waals surface area contributed by atoms with Crippen molar-refractivity contribution in [1.29, 1.82) is 0 Å². The molecule has 1 unspecified atom stereocenters. The Morgan fingerprint density at radius 1 is 1.62 bits per heavy atom. The predicted molar refractivity (Wildman–Crippen MR) is 49.2 cm³/mol. The maximum absolute atomic E-state index is 12.7. The zero-order chi connectivity index (χ0) is 9.90. The molecule has 13 heavy (non-hydrogen) atoms. The average molecular weight is 274 g/mol. The fourth-order valence-corrected chi connectivity index (χ4v) is 1.66. The number of nitrogens with zero attached hydrogens (tertiary/aromatic N) is 1. The molecule has 0 aromatic carbocycles. The normalized spacial score (nSPS) is 14.5. The third-order valence-corrected chi connectivity index (χ3v) is 2.79. The van der Waals surface area contributed by atoms with E-state index in [1.807, 2.05) is 15.9 Å². The first-order valence-electron chi connectivity index (χ1n) is 3.59. The van der Waals surface area contributed by atoms with E-state index >= 15 is 0 Å². The summed E-state index contributed by atoms with van der Waals surface area (Å²) in [6.45, 7) is 0. The molecule has 1 rings (SSSR count). The summed E-state index contributed by atoms with van der Waals surface area (Å²) in [5.41, 5.74) is 0. The minimum Gasteiger partial charge on any atom is -0.250 e. The van der Waals surface area contributed by atoms with Gasteiger partial charge >= 0.3 is 4.83 Å². The molecule has 0 aliphatic carbocycles. The van der Waals surface area contributed by atoms with Crippen molar-refractivity contribution in [2.45, 2.75) is 23.8 Å². The minimum atomic E-state index is -3.43. The van der Waals surface area contributed by atoms with E-state index in [2.05, 4.69) is 4.98 Å². The van der Waals surface area contributed by atoms with Gasteiger partial charge < -0.3 is 0 Å². The molecule has 0 spiro atoms. The lowest BCUT2D eigenvalue weighted by Gasteiger charge is -2.12. The molecule has 1 aromatic heterocycles. The highest BCUT2D eigenvalue weighted by Crippen LogP contribution is 2.31. The smallest absolute Gasteiger partial charge is 0.250 e. The van der Waals surface area contributed by atoms with Gasteiger partial charge in [0.05, 0.1) is 5.01 Å². The molecule has 6 heteroatoms. The zero-order valence-electron chi connectivity index (χ0n) is 6.51. The van der Waals surface area contributed by atoms with Crippen LogP contribution in [0.2, 0.25) is 0 Å². The predicted octanol–water partition coefficient (Wildman–Crippen LogP) is 3.40. The fraction of sp³-hybridized carbons (Fsp3) is 0.571. The highest BCUT2D eigenvalue weighted by molar-refractivity contribution is 9.10. The van der Waals surface area contributed by atoms with Crippen molar-refractivity contribution >= 4 is 27.3 Å². The molecule has 0 aliphatic rings. The highest BCUT2D eigenvalue weighted by atomic mass is 79.9. The quantitative estimate of drug-likeness (QED) is 0.767. The maximum atomic E-state index is 12.7.